The second-order valence-corrected chi connectivity index (χ2v) is 8.27. The van der Waals surface area contributed by atoms with Crippen LogP contribution in [0.15, 0.2) is 4.99 Å². The largest absolute Gasteiger partial charge is 0.357 e. The molecule has 26 heavy (non-hydrogen) atoms. The van der Waals surface area contributed by atoms with Gasteiger partial charge in [0.1, 0.15) is 0 Å². The molecule has 1 saturated heterocycles. The molecule has 2 aliphatic rings. The monoisotopic (exact) mass is 499 g/mol. The highest BCUT2D eigenvalue weighted by Crippen LogP contribution is 2.22. The van der Waals surface area contributed by atoms with Crippen LogP contribution in [-0.2, 0) is 15.6 Å². The van der Waals surface area contributed by atoms with E-state index in [0.717, 1.165) is 32.2 Å². The molecule has 0 aromatic heterocycles. The van der Waals surface area contributed by atoms with Crippen LogP contribution < -0.4 is 16.0 Å². The van der Waals surface area contributed by atoms with Crippen LogP contribution in [0.1, 0.15) is 39.5 Å². The van der Waals surface area contributed by atoms with E-state index in [4.69, 9.17) is 0 Å². The predicted octanol–water partition coefficient (Wildman–Crippen LogP) is 0.791. The minimum atomic E-state index is -0.757. The second-order valence-electron chi connectivity index (χ2n) is 6.26. The zero-order chi connectivity index (χ0) is 18.2. The summed E-state index contributed by atoms with van der Waals surface area (Å²) in [6.07, 6.45) is 4.02. The molecule has 0 aromatic carbocycles. The van der Waals surface area contributed by atoms with Crippen LogP contribution in [0.5, 0.6) is 0 Å². The van der Waals surface area contributed by atoms with E-state index in [0.29, 0.717) is 18.3 Å². The van der Waals surface area contributed by atoms with Gasteiger partial charge in [-0.05, 0) is 26.2 Å². The van der Waals surface area contributed by atoms with E-state index in [1.807, 2.05) is 13.8 Å². The molecule has 150 valence electrons. The highest BCUT2D eigenvalue weighted by Gasteiger charge is 2.28. The van der Waals surface area contributed by atoms with E-state index in [1.165, 1.54) is 4.90 Å². The lowest BCUT2D eigenvalue weighted by Gasteiger charge is -2.30. The van der Waals surface area contributed by atoms with E-state index < -0.39 is 10.8 Å². The molecule has 10 heteroatoms. The smallest absolute Gasteiger partial charge is 0.324 e. The molecular formula is C16H30IN5O3S. The van der Waals surface area contributed by atoms with Crippen molar-refractivity contribution in [3.05, 3.63) is 0 Å². The second kappa shape index (κ2) is 11.7. The number of carbonyl (C=O) groups excluding carboxylic acids is 2. The number of hydrogen-bond acceptors (Lipinski definition) is 4. The molecule has 8 nitrogen and oxygen atoms in total. The highest BCUT2D eigenvalue weighted by molar-refractivity contribution is 14.0. The molecule has 3 atom stereocenters. The summed E-state index contributed by atoms with van der Waals surface area (Å²) in [6.45, 7) is 5.38. The maximum atomic E-state index is 12.1. The molecule has 3 N–H and O–H groups in total. The Bertz CT molecular complexity index is 530. The SMILES string of the molecule is CCNC(=NCCN1C(=O)CNC1=O)NC1CCCC(S(=O)CC)C1.I. The Labute approximate surface area is 174 Å². The van der Waals surface area contributed by atoms with Gasteiger partial charge in [0.25, 0.3) is 0 Å². The van der Waals surface area contributed by atoms with Gasteiger partial charge in [0.15, 0.2) is 5.96 Å². The summed E-state index contributed by atoms with van der Waals surface area (Å²) in [4.78, 5) is 28.7. The molecule has 3 unspecified atom stereocenters. The van der Waals surface area contributed by atoms with E-state index in [-0.39, 0.29) is 60.3 Å². The van der Waals surface area contributed by atoms with Gasteiger partial charge in [0.2, 0.25) is 5.91 Å². The van der Waals surface area contributed by atoms with Crippen LogP contribution in [0.3, 0.4) is 0 Å². The third-order valence-electron chi connectivity index (χ3n) is 4.50. The lowest BCUT2D eigenvalue weighted by molar-refractivity contribution is -0.124. The first-order valence-corrected chi connectivity index (χ1v) is 10.4. The zero-order valence-corrected chi connectivity index (χ0v) is 18.6. The van der Waals surface area contributed by atoms with Gasteiger partial charge in [-0.15, -0.1) is 24.0 Å². The van der Waals surface area contributed by atoms with E-state index in [9.17, 15) is 13.8 Å². The summed E-state index contributed by atoms with van der Waals surface area (Å²) in [5.74, 6) is 1.18. The number of nitrogens with one attached hydrogen (secondary N) is 3. The molecule has 2 fully saturated rings. The van der Waals surface area contributed by atoms with Gasteiger partial charge in [-0.25, -0.2) is 4.79 Å². The van der Waals surface area contributed by atoms with Crippen molar-refractivity contribution >= 4 is 52.7 Å². The van der Waals surface area contributed by atoms with Crippen LogP contribution >= 0.6 is 24.0 Å². The number of hydrogen-bond donors (Lipinski definition) is 3. The lowest BCUT2D eigenvalue weighted by Crippen LogP contribution is -2.47. The van der Waals surface area contributed by atoms with Gasteiger partial charge in [0, 0.05) is 34.4 Å². The molecule has 0 spiro atoms. The van der Waals surface area contributed by atoms with Gasteiger partial charge in [-0.1, -0.05) is 13.3 Å². The van der Waals surface area contributed by atoms with Gasteiger partial charge in [-0.2, -0.15) is 0 Å². The van der Waals surface area contributed by atoms with Gasteiger partial charge >= 0.3 is 6.03 Å². The molecule has 0 bridgehead atoms. The Morgan fingerprint density at radius 1 is 1.35 bits per heavy atom. The molecule has 0 aromatic rings. The fraction of sp³-hybridized carbons (Fsp3) is 0.812. The van der Waals surface area contributed by atoms with Gasteiger partial charge in [0.05, 0.1) is 19.6 Å². The number of carbonyl (C=O) groups is 2. The summed E-state index contributed by atoms with van der Waals surface area (Å²) in [6, 6.07) is -0.0981. The Morgan fingerprint density at radius 2 is 2.12 bits per heavy atom. The van der Waals surface area contributed by atoms with E-state index in [2.05, 4.69) is 20.9 Å². The van der Waals surface area contributed by atoms with E-state index >= 15 is 0 Å². The molecular weight excluding hydrogens is 469 g/mol. The number of imide groups is 1. The van der Waals surface area contributed by atoms with Crippen molar-refractivity contribution in [3.63, 3.8) is 0 Å². The number of aliphatic imine (C=N–C) groups is 1. The van der Waals surface area contributed by atoms with Crippen LogP contribution in [0.25, 0.3) is 0 Å². The van der Waals surface area contributed by atoms with Crippen LogP contribution in [0, 0.1) is 0 Å². The highest BCUT2D eigenvalue weighted by atomic mass is 127. The standard InChI is InChI=1S/C16H29N5O3S.HI/c1-3-17-15(18-8-9-21-14(22)11-19-16(21)23)20-12-6-5-7-13(10-12)25(24)4-2;/h12-13H,3-11H2,1-2H3,(H,19,23)(H2,17,18,20);1H. The fourth-order valence-electron chi connectivity index (χ4n) is 3.21. The number of guanidine groups is 1. The first-order valence-electron chi connectivity index (χ1n) is 9.05. The van der Waals surface area contributed by atoms with Crippen molar-refractivity contribution in [1.82, 2.24) is 20.9 Å². The van der Waals surface area contributed by atoms with Crippen LogP contribution in [0.2, 0.25) is 0 Å². The summed E-state index contributed by atoms with van der Waals surface area (Å²) >= 11 is 0. The molecule has 0 radical (unpaired) electrons. The van der Waals surface area contributed by atoms with Crippen molar-refractivity contribution in [2.45, 2.75) is 50.8 Å². The minimum absolute atomic E-state index is 0. The summed E-state index contributed by atoms with van der Waals surface area (Å²) in [7, 11) is -0.757. The number of halogens is 1. The molecule has 1 heterocycles. The zero-order valence-electron chi connectivity index (χ0n) is 15.5. The lowest BCUT2D eigenvalue weighted by atomic mass is 9.95. The van der Waals surface area contributed by atoms with Crippen molar-refractivity contribution in [2.24, 2.45) is 4.99 Å². The first kappa shape index (κ1) is 23.1. The average molecular weight is 499 g/mol. The van der Waals surface area contributed by atoms with Crippen molar-refractivity contribution in [2.75, 3.05) is 31.9 Å². The van der Waals surface area contributed by atoms with Crippen molar-refractivity contribution < 1.29 is 13.8 Å². The van der Waals surface area contributed by atoms with E-state index in [1.54, 1.807) is 0 Å². The first-order chi connectivity index (χ1) is 12.0. The van der Waals surface area contributed by atoms with Crippen molar-refractivity contribution in [3.8, 4) is 0 Å². The molecule has 2 rings (SSSR count). The quantitative estimate of drug-likeness (QED) is 0.208. The van der Waals surface area contributed by atoms with Crippen LogP contribution in [-0.4, -0.2) is 70.2 Å². The normalized spacial score (nSPS) is 24.7. The summed E-state index contributed by atoms with van der Waals surface area (Å²) < 4.78 is 12.1. The van der Waals surface area contributed by atoms with Gasteiger partial charge < -0.3 is 16.0 Å². The third kappa shape index (κ3) is 6.67. The molecule has 1 aliphatic carbocycles. The minimum Gasteiger partial charge on any atom is -0.357 e. The maximum absolute atomic E-state index is 12.1. The number of nitrogens with zero attached hydrogens (tertiary/aromatic N) is 2. The number of urea groups is 1. The Hall–Kier alpha value is -0.910. The predicted molar refractivity (Wildman–Crippen MR) is 114 cm³/mol. The molecule has 1 saturated carbocycles. The van der Waals surface area contributed by atoms with Crippen molar-refractivity contribution in [1.29, 1.82) is 0 Å². The molecule has 3 amide bonds. The Kier molecular flexibility index (Phi) is 10.4. The Balaban J connectivity index is 0.00000338. The Morgan fingerprint density at radius 3 is 2.73 bits per heavy atom. The fourth-order valence-corrected chi connectivity index (χ4v) is 4.56. The number of rotatable bonds is 7. The topological polar surface area (TPSA) is 103 Å². The third-order valence-corrected chi connectivity index (χ3v) is 6.24. The number of amides is 3. The van der Waals surface area contributed by atoms with Gasteiger partial charge in [-0.3, -0.25) is 18.9 Å². The maximum Gasteiger partial charge on any atom is 0.324 e. The summed E-state index contributed by atoms with van der Waals surface area (Å²) in [5.41, 5.74) is 0. The van der Waals surface area contributed by atoms with Crippen LogP contribution in [0.4, 0.5) is 4.79 Å². The summed E-state index contributed by atoms with van der Waals surface area (Å²) in [5, 5.41) is 9.36. The molecule has 1 aliphatic heterocycles. The average Bonchev–Trinajstić information content (AvgIpc) is 2.93.